The molecule has 2 atom stereocenters. The maximum atomic E-state index is 5.19. The number of benzene rings is 1. The summed E-state index contributed by atoms with van der Waals surface area (Å²) >= 11 is 0. The van der Waals surface area contributed by atoms with E-state index in [-0.39, 0.29) is 0 Å². The maximum Gasteiger partial charge on any atom is 0.118 e. The molecule has 0 radical (unpaired) electrons. The molecule has 0 heterocycles. The fourth-order valence-electron chi connectivity index (χ4n) is 2.58. The van der Waals surface area contributed by atoms with Gasteiger partial charge < -0.3 is 10.1 Å². The van der Waals surface area contributed by atoms with Gasteiger partial charge in [0.1, 0.15) is 5.75 Å². The summed E-state index contributed by atoms with van der Waals surface area (Å²) in [5.74, 6) is 1.75. The van der Waals surface area contributed by atoms with E-state index in [0.717, 1.165) is 18.1 Å². The van der Waals surface area contributed by atoms with E-state index in [1.54, 1.807) is 7.11 Å². The van der Waals surface area contributed by atoms with Crippen LogP contribution in [-0.4, -0.2) is 19.2 Å². The van der Waals surface area contributed by atoms with Gasteiger partial charge in [-0.25, -0.2) is 0 Å². The molecule has 1 aromatic carbocycles. The van der Waals surface area contributed by atoms with E-state index in [9.17, 15) is 0 Å². The van der Waals surface area contributed by atoms with Gasteiger partial charge in [-0.05, 0) is 50.3 Å². The zero-order valence-corrected chi connectivity index (χ0v) is 13.8. The first-order valence-corrected chi connectivity index (χ1v) is 7.90. The Kier molecular flexibility index (Phi) is 7.68. The molecular weight excluding hydrogens is 246 g/mol. The average molecular weight is 277 g/mol. The fourth-order valence-corrected chi connectivity index (χ4v) is 2.58. The number of nitrogens with one attached hydrogen (secondary N) is 1. The van der Waals surface area contributed by atoms with Crippen molar-refractivity contribution in [1.82, 2.24) is 5.32 Å². The van der Waals surface area contributed by atoms with Crippen molar-refractivity contribution in [3.8, 4) is 5.75 Å². The SMILES string of the molecule is COc1ccc(CC(C)NC(C)CCCC(C)C)cc1. The Morgan fingerprint density at radius 2 is 1.60 bits per heavy atom. The summed E-state index contributed by atoms with van der Waals surface area (Å²) in [7, 11) is 1.71. The molecule has 2 heteroatoms. The summed E-state index contributed by atoms with van der Waals surface area (Å²) in [6, 6.07) is 9.49. The summed E-state index contributed by atoms with van der Waals surface area (Å²) in [6.07, 6.45) is 4.99. The molecule has 0 aliphatic heterocycles. The molecule has 0 aliphatic carbocycles. The Balaban J connectivity index is 2.29. The lowest BCUT2D eigenvalue weighted by atomic mass is 10.0. The van der Waals surface area contributed by atoms with Crippen LogP contribution in [0.1, 0.15) is 52.5 Å². The highest BCUT2D eigenvalue weighted by atomic mass is 16.5. The quantitative estimate of drug-likeness (QED) is 0.721. The van der Waals surface area contributed by atoms with E-state index in [1.807, 2.05) is 12.1 Å². The second kappa shape index (κ2) is 9.02. The zero-order valence-electron chi connectivity index (χ0n) is 13.8. The van der Waals surface area contributed by atoms with Crippen molar-refractivity contribution < 1.29 is 4.74 Å². The second-order valence-electron chi connectivity index (χ2n) is 6.35. The van der Waals surface area contributed by atoms with Gasteiger partial charge in [0, 0.05) is 12.1 Å². The Bertz CT molecular complexity index is 358. The molecule has 2 nitrogen and oxygen atoms in total. The van der Waals surface area contributed by atoms with Crippen molar-refractivity contribution in [3.63, 3.8) is 0 Å². The molecule has 1 aromatic rings. The van der Waals surface area contributed by atoms with Crippen LogP contribution >= 0.6 is 0 Å². The monoisotopic (exact) mass is 277 g/mol. The van der Waals surface area contributed by atoms with Crippen molar-refractivity contribution in [1.29, 1.82) is 0 Å². The average Bonchev–Trinajstić information content (AvgIpc) is 2.38. The van der Waals surface area contributed by atoms with Crippen molar-refractivity contribution >= 4 is 0 Å². The predicted molar refractivity (Wildman–Crippen MR) is 87.4 cm³/mol. The minimum atomic E-state index is 0.512. The van der Waals surface area contributed by atoms with Gasteiger partial charge in [0.25, 0.3) is 0 Å². The Morgan fingerprint density at radius 1 is 0.950 bits per heavy atom. The lowest BCUT2D eigenvalue weighted by Gasteiger charge is -2.20. The third kappa shape index (κ3) is 6.95. The molecule has 0 aromatic heterocycles. The van der Waals surface area contributed by atoms with Gasteiger partial charge in [-0.1, -0.05) is 38.8 Å². The Morgan fingerprint density at radius 3 is 2.15 bits per heavy atom. The smallest absolute Gasteiger partial charge is 0.118 e. The Labute approximate surface area is 124 Å². The van der Waals surface area contributed by atoms with Gasteiger partial charge in [0.05, 0.1) is 7.11 Å². The zero-order chi connectivity index (χ0) is 15.0. The molecule has 0 saturated heterocycles. The number of ether oxygens (including phenoxy) is 1. The molecule has 0 bridgehead atoms. The summed E-state index contributed by atoms with van der Waals surface area (Å²) in [5.41, 5.74) is 1.36. The summed E-state index contributed by atoms with van der Waals surface area (Å²) in [4.78, 5) is 0. The van der Waals surface area contributed by atoms with Crippen molar-refractivity contribution in [2.45, 2.75) is 65.5 Å². The van der Waals surface area contributed by atoms with Crippen LogP contribution in [0.25, 0.3) is 0 Å². The van der Waals surface area contributed by atoms with E-state index >= 15 is 0 Å². The summed E-state index contributed by atoms with van der Waals surface area (Å²) in [5, 5.41) is 3.70. The van der Waals surface area contributed by atoms with E-state index in [2.05, 4.69) is 45.1 Å². The lowest BCUT2D eigenvalue weighted by molar-refractivity contribution is 0.412. The standard InChI is InChI=1S/C18H31NO/c1-14(2)7-6-8-15(3)19-16(4)13-17-9-11-18(20-5)12-10-17/h9-12,14-16,19H,6-8,13H2,1-5H3. The number of hydrogen-bond donors (Lipinski definition) is 1. The molecule has 0 spiro atoms. The first kappa shape index (κ1) is 17.0. The van der Waals surface area contributed by atoms with Crippen molar-refractivity contribution in [2.24, 2.45) is 5.92 Å². The van der Waals surface area contributed by atoms with E-state index in [1.165, 1.54) is 24.8 Å². The molecule has 2 unspecified atom stereocenters. The molecular formula is C18H31NO. The highest BCUT2D eigenvalue weighted by Gasteiger charge is 2.08. The van der Waals surface area contributed by atoms with Crippen LogP contribution in [0, 0.1) is 5.92 Å². The van der Waals surface area contributed by atoms with E-state index in [4.69, 9.17) is 4.74 Å². The van der Waals surface area contributed by atoms with Gasteiger partial charge >= 0.3 is 0 Å². The highest BCUT2D eigenvalue weighted by Crippen LogP contribution is 2.13. The molecule has 1 N–H and O–H groups in total. The molecule has 0 amide bonds. The molecule has 0 aliphatic rings. The third-order valence-corrected chi connectivity index (χ3v) is 3.69. The number of rotatable bonds is 9. The Hall–Kier alpha value is -1.02. The molecule has 20 heavy (non-hydrogen) atoms. The summed E-state index contributed by atoms with van der Waals surface area (Å²) < 4.78 is 5.19. The topological polar surface area (TPSA) is 21.3 Å². The first-order valence-electron chi connectivity index (χ1n) is 7.90. The highest BCUT2D eigenvalue weighted by molar-refractivity contribution is 5.27. The van der Waals surface area contributed by atoms with Gasteiger partial charge in [-0.15, -0.1) is 0 Å². The largest absolute Gasteiger partial charge is 0.497 e. The van der Waals surface area contributed by atoms with E-state index < -0.39 is 0 Å². The molecule has 1 rings (SSSR count). The third-order valence-electron chi connectivity index (χ3n) is 3.69. The van der Waals surface area contributed by atoms with Crippen LogP contribution in [0.15, 0.2) is 24.3 Å². The lowest BCUT2D eigenvalue weighted by Crippen LogP contribution is -2.35. The number of methoxy groups -OCH3 is 1. The minimum Gasteiger partial charge on any atom is -0.497 e. The van der Waals surface area contributed by atoms with Gasteiger partial charge in [-0.2, -0.15) is 0 Å². The van der Waals surface area contributed by atoms with Crippen LogP contribution in [0.3, 0.4) is 0 Å². The molecule has 0 fully saturated rings. The molecule has 114 valence electrons. The van der Waals surface area contributed by atoms with Crippen LogP contribution in [-0.2, 0) is 6.42 Å². The van der Waals surface area contributed by atoms with Gasteiger partial charge in [0.15, 0.2) is 0 Å². The minimum absolute atomic E-state index is 0.512. The van der Waals surface area contributed by atoms with Gasteiger partial charge in [0.2, 0.25) is 0 Å². The maximum absolute atomic E-state index is 5.19. The summed E-state index contributed by atoms with van der Waals surface area (Å²) in [6.45, 7) is 9.16. The first-order chi connectivity index (χ1) is 9.51. The van der Waals surface area contributed by atoms with Crippen molar-refractivity contribution in [2.75, 3.05) is 7.11 Å². The van der Waals surface area contributed by atoms with E-state index in [0.29, 0.717) is 12.1 Å². The normalized spacial score (nSPS) is 14.3. The van der Waals surface area contributed by atoms with Crippen LogP contribution in [0.5, 0.6) is 5.75 Å². The number of hydrogen-bond acceptors (Lipinski definition) is 2. The predicted octanol–water partition coefficient (Wildman–Crippen LogP) is 4.43. The van der Waals surface area contributed by atoms with Crippen LogP contribution < -0.4 is 10.1 Å². The van der Waals surface area contributed by atoms with Gasteiger partial charge in [-0.3, -0.25) is 0 Å². The second-order valence-corrected chi connectivity index (χ2v) is 6.35. The van der Waals surface area contributed by atoms with Crippen LogP contribution in [0.2, 0.25) is 0 Å². The van der Waals surface area contributed by atoms with Crippen molar-refractivity contribution in [3.05, 3.63) is 29.8 Å². The molecule has 0 saturated carbocycles. The van der Waals surface area contributed by atoms with Crippen LogP contribution in [0.4, 0.5) is 0 Å². The fraction of sp³-hybridized carbons (Fsp3) is 0.667.